The molecule has 0 saturated carbocycles. The Kier molecular flexibility index (Phi) is 5.15. The smallest absolute Gasteiger partial charge is 0.266 e. The van der Waals surface area contributed by atoms with E-state index in [1.165, 1.54) is 22.7 Å². The van der Waals surface area contributed by atoms with Gasteiger partial charge in [0.1, 0.15) is 10.1 Å². The molecule has 0 aliphatic carbocycles. The third-order valence-corrected chi connectivity index (χ3v) is 5.29. The predicted octanol–water partition coefficient (Wildman–Crippen LogP) is 5.10. The largest absolute Gasteiger partial charge is 0.506 e. The minimum absolute atomic E-state index is 0.116. The van der Waals surface area contributed by atoms with Gasteiger partial charge in [0.15, 0.2) is 0 Å². The molecule has 0 atom stereocenters. The maximum Gasteiger partial charge on any atom is 0.266 e. The van der Waals surface area contributed by atoms with Crippen LogP contribution in [0, 0.1) is 0 Å². The molecule has 0 bridgehead atoms. The van der Waals surface area contributed by atoms with Gasteiger partial charge in [-0.1, -0.05) is 77.5 Å². The Bertz CT molecular complexity index is 853. The van der Waals surface area contributed by atoms with E-state index in [4.69, 9.17) is 35.4 Å². The van der Waals surface area contributed by atoms with Crippen molar-refractivity contribution >= 4 is 63.5 Å². The Labute approximate surface area is 158 Å². The summed E-state index contributed by atoms with van der Waals surface area (Å²) in [4.78, 5) is 14.6. The van der Waals surface area contributed by atoms with Crippen LogP contribution in [0.3, 0.4) is 0 Å². The summed E-state index contributed by atoms with van der Waals surface area (Å²) in [6.45, 7) is 0.408. The maximum absolute atomic E-state index is 12.6. The maximum atomic E-state index is 12.6. The second kappa shape index (κ2) is 7.15. The summed E-state index contributed by atoms with van der Waals surface area (Å²) >= 11 is 18.4. The van der Waals surface area contributed by atoms with Crippen molar-refractivity contribution in [3.05, 3.63) is 68.5 Å². The van der Waals surface area contributed by atoms with Crippen molar-refractivity contribution < 1.29 is 9.90 Å². The third-order valence-electron chi connectivity index (χ3n) is 3.40. The first-order valence-electron chi connectivity index (χ1n) is 6.93. The predicted molar refractivity (Wildman–Crippen MR) is 103 cm³/mol. The fourth-order valence-corrected chi connectivity index (χ4v) is 3.99. The number of amides is 1. The Morgan fingerprint density at radius 2 is 1.92 bits per heavy atom. The number of hydrogen-bond donors (Lipinski definition) is 1. The van der Waals surface area contributed by atoms with E-state index in [1.807, 2.05) is 30.3 Å². The average Bonchev–Trinajstić information content (AvgIpc) is 2.81. The Morgan fingerprint density at radius 1 is 1.21 bits per heavy atom. The number of hydrogen-bond acceptors (Lipinski definition) is 4. The van der Waals surface area contributed by atoms with Gasteiger partial charge in [0.2, 0.25) is 0 Å². The van der Waals surface area contributed by atoms with Gasteiger partial charge in [-0.25, -0.2) is 0 Å². The summed E-state index contributed by atoms with van der Waals surface area (Å²) in [6.07, 6.45) is 1.55. The minimum atomic E-state index is -0.204. The van der Waals surface area contributed by atoms with Gasteiger partial charge in [-0.3, -0.25) is 9.69 Å². The molecule has 2 aromatic carbocycles. The number of nitrogens with zero attached hydrogens (tertiary/aromatic N) is 1. The van der Waals surface area contributed by atoms with Crippen LogP contribution in [0.5, 0.6) is 5.75 Å². The highest BCUT2D eigenvalue weighted by molar-refractivity contribution is 8.26. The van der Waals surface area contributed by atoms with Crippen LogP contribution in [0.1, 0.15) is 11.1 Å². The summed E-state index contributed by atoms with van der Waals surface area (Å²) < 4.78 is 0.475. The summed E-state index contributed by atoms with van der Waals surface area (Å²) in [5.74, 6) is -0.321. The zero-order chi connectivity index (χ0) is 17.3. The van der Waals surface area contributed by atoms with Crippen LogP contribution in [0.15, 0.2) is 47.4 Å². The van der Waals surface area contributed by atoms with Crippen LogP contribution in [-0.2, 0) is 11.3 Å². The van der Waals surface area contributed by atoms with Crippen molar-refractivity contribution in [1.29, 1.82) is 0 Å². The van der Waals surface area contributed by atoms with Gasteiger partial charge in [0.25, 0.3) is 5.91 Å². The summed E-state index contributed by atoms with van der Waals surface area (Å²) in [5, 5.41) is 10.5. The summed E-state index contributed by atoms with van der Waals surface area (Å²) in [5.41, 5.74) is 1.37. The average molecular weight is 396 g/mol. The minimum Gasteiger partial charge on any atom is -0.506 e. The number of aromatic hydroxyl groups is 1. The van der Waals surface area contributed by atoms with Crippen LogP contribution in [0.25, 0.3) is 6.08 Å². The van der Waals surface area contributed by atoms with E-state index < -0.39 is 0 Å². The molecule has 0 radical (unpaired) electrons. The SMILES string of the molecule is O=C1/C(=C/c2cc(Cl)cc(Cl)c2O)SC(=S)N1Cc1ccccc1. The van der Waals surface area contributed by atoms with Gasteiger partial charge in [0.05, 0.1) is 16.5 Å². The Balaban J connectivity index is 1.89. The highest BCUT2D eigenvalue weighted by Crippen LogP contribution is 2.37. The number of thiocarbonyl (C=S) groups is 1. The molecule has 3 rings (SSSR count). The second-order valence-electron chi connectivity index (χ2n) is 5.08. The first-order chi connectivity index (χ1) is 11.5. The van der Waals surface area contributed by atoms with Gasteiger partial charge in [-0.15, -0.1) is 0 Å². The van der Waals surface area contributed by atoms with Gasteiger partial charge in [-0.05, 0) is 23.8 Å². The fraction of sp³-hybridized carbons (Fsp3) is 0.0588. The van der Waals surface area contributed by atoms with Crippen molar-refractivity contribution in [2.24, 2.45) is 0 Å². The molecule has 0 unspecified atom stereocenters. The zero-order valence-electron chi connectivity index (χ0n) is 12.2. The van der Waals surface area contributed by atoms with Crippen LogP contribution < -0.4 is 0 Å². The molecule has 0 aromatic heterocycles. The van der Waals surface area contributed by atoms with Gasteiger partial charge in [0, 0.05) is 10.6 Å². The molecular weight excluding hydrogens is 385 g/mol. The molecule has 7 heteroatoms. The van der Waals surface area contributed by atoms with E-state index in [2.05, 4.69) is 0 Å². The van der Waals surface area contributed by atoms with Crippen LogP contribution in [0.4, 0.5) is 0 Å². The number of halogens is 2. The highest BCUT2D eigenvalue weighted by atomic mass is 35.5. The molecular formula is C17H11Cl2NO2S2. The summed E-state index contributed by atoms with van der Waals surface area (Å²) in [7, 11) is 0. The number of carbonyl (C=O) groups excluding carboxylic acids is 1. The molecule has 1 fully saturated rings. The molecule has 0 spiro atoms. The molecule has 1 N–H and O–H groups in total. The first-order valence-corrected chi connectivity index (χ1v) is 8.91. The Hall–Kier alpha value is -1.53. The lowest BCUT2D eigenvalue weighted by Crippen LogP contribution is -2.27. The van der Waals surface area contributed by atoms with Crippen LogP contribution >= 0.6 is 47.2 Å². The molecule has 3 nitrogen and oxygen atoms in total. The highest BCUT2D eigenvalue weighted by Gasteiger charge is 2.32. The standard InChI is InChI=1S/C17H11Cl2NO2S2/c18-12-6-11(15(21)13(19)8-12)7-14-16(22)20(17(23)24-14)9-10-4-2-1-3-5-10/h1-8,21H,9H2/b14-7-. The van der Waals surface area contributed by atoms with E-state index in [9.17, 15) is 9.90 Å². The lowest BCUT2D eigenvalue weighted by atomic mass is 10.1. The quantitative estimate of drug-likeness (QED) is 0.579. The van der Waals surface area contributed by atoms with Gasteiger partial charge >= 0.3 is 0 Å². The van der Waals surface area contributed by atoms with E-state index >= 15 is 0 Å². The topological polar surface area (TPSA) is 40.5 Å². The molecule has 1 heterocycles. The lowest BCUT2D eigenvalue weighted by molar-refractivity contribution is -0.122. The third kappa shape index (κ3) is 3.59. The number of phenolic OH excluding ortho intramolecular Hbond substituents is 1. The molecule has 1 amide bonds. The van der Waals surface area contributed by atoms with E-state index in [-0.39, 0.29) is 16.7 Å². The van der Waals surface area contributed by atoms with E-state index in [1.54, 1.807) is 12.1 Å². The molecule has 24 heavy (non-hydrogen) atoms. The number of rotatable bonds is 3. The number of benzene rings is 2. The van der Waals surface area contributed by atoms with E-state index in [0.29, 0.717) is 26.4 Å². The van der Waals surface area contributed by atoms with Crippen molar-refractivity contribution in [3.63, 3.8) is 0 Å². The lowest BCUT2D eigenvalue weighted by Gasteiger charge is -2.14. The number of phenols is 1. The van der Waals surface area contributed by atoms with Gasteiger partial charge < -0.3 is 5.11 Å². The van der Waals surface area contributed by atoms with Crippen molar-refractivity contribution in [1.82, 2.24) is 4.90 Å². The fourth-order valence-electron chi connectivity index (χ4n) is 2.24. The summed E-state index contributed by atoms with van der Waals surface area (Å²) in [6, 6.07) is 12.6. The Morgan fingerprint density at radius 3 is 2.62 bits per heavy atom. The van der Waals surface area contributed by atoms with Crippen molar-refractivity contribution in [2.45, 2.75) is 6.54 Å². The second-order valence-corrected chi connectivity index (χ2v) is 7.60. The normalized spacial score (nSPS) is 16.2. The van der Waals surface area contributed by atoms with Crippen molar-refractivity contribution in [2.75, 3.05) is 0 Å². The van der Waals surface area contributed by atoms with Crippen LogP contribution in [-0.4, -0.2) is 20.2 Å². The molecule has 1 saturated heterocycles. The van der Waals surface area contributed by atoms with Gasteiger partial charge in [-0.2, -0.15) is 0 Å². The number of carbonyl (C=O) groups is 1. The molecule has 1 aliphatic heterocycles. The van der Waals surface area contributed by atoms with Crippen molar-refractivity contribution in [3.8, 4) is 5.75 Å². The monoisotopic (exact) mass is 395 g/mol. The molecule has 1 aliphatic rings. The molecule has 2 aromatic rings. The first kappa shape index (κ1) is 17.3. The number of thioether (sulfide) groups is 1. The zero-order valence-corrected chi connectivity index (χ0v) is 15.3. The van der Waals surface area contributed by atoms with E-state index in [0.717, 1.165) is 5.56 Å². The van der Waals surface area contributed by atoms with Crippen LogP contribution in [0.2, 0.25) is 10.0 Å². The molecule has 122 valence electrons.